The molecule has 2 heterocycles. The molecule has 0 unspecified atom stereocenters. The number of aromatic nitrogens is 2. The molecule has 0 atom stereocenters. The molecule has 0 aliphatic rings. The van der Waals surface area contributed by atoms with E-state index in [9.17, 15) is 4.79 Å². The van der Waals surface area contributed by atoms with Gasteiger partial charge in [-0.1, -0.05) is 0 Å². The summed E-state index contributed by atoms with van der Waals surface area (Å²) in [6.07, 6.45) is 1.75. The monoisotopic (exact) mass is 205 g/mol. The SMILES string of the molecule is COc1nc2cc(C(N)=O)ccn2c1C. The van der Waals surface area contributed by atoms with E-state index in [0.29, 0.717) is 17.1 Å². The Balaban J connectivity index is 2.68. The molecule has 5 nitrogen and oxygen atoms in total. The number of amides is 1. The normalized spacial score (nSPS) is 10.5. The number of nitrogens with two attached hydrogens (primary N) is 1. The van der Waals surface area contributed by atoms with Gasteiger partial charge in [0.15, 0.2) is 0 Å². The van der Waals surface area contributed by atoms with Crippen molar-refractivity contribution in [3.63, 3.8) is 0 Å². The largest absolute Gasteiger partial charge is 0.480 e. The number of primary amides is 1. The highest BCUT2D eigenvalue weighted by Gasteiger charge is 2.09. The van der Waals surface area contributed by atoms with Gasteiger partial charge in [-0.3, -0.25) is 4.79 Å². The highest BCUT2D eigenvalue weighted by atomic mass is 16.5. The molecule has 0 fully saturated rings. The Kier molecular flexibility index (Phi) is 2.07. The Labute approximate surface area is 86.5 Å². The molecule has 0 spiro atoms. The van der Waals surface area contributed by atoms with Crippen LogP contribution in [-0.2, 0) is 0 Å². The number of hydrogen-bond donors (Lipinski definition) is 1. The van der Waals surface area contributed by atoms with Crippen molar-refractivity contribution in [3.8, 4) is 5.88 Å². The summed E-state index contributed by atoms with van der Waals surface area (Å²) in [5.41, 5.74) is 7.16. The molecule has 0 aliphatic heterocycles. The number of methoxy groups -OCH3 is 1. The number of fused-ring (bicyclic) bond motifs is 1. The van der Waals surface area contributed by atoms with Gasteiger partial charge >= 0.3 is 0 Å². The number of carbonyl (C=O) groups is 1. The molecule has 0 radical (unpaired) electrons. The van der Waals surface area contributed by atoms with Gasteiger partial charge in [0.2, 0.25) is 11.8 Å². The summed E-state index contributed by atoms with van der Waals surface area (Å²) in [6.45, 7) is 1.89. The lowest BCUT2D eigenvalue weighted by Crippen LogP contribution is -2.11. The van der Waals surface area contributed by atoms with E-state index in [2.05, 4.69) is 4.98 Å². The van der Waals surface area contributed by atoms with E-state index < -0.39 is 5.91 Å². The summed E-state index contributed by atoms with van der Waals surface area (Å²) < 4.78 is 6.92. The number of carbonyl (C=O) groups excluding carboxylic acids is 1. The van der Waals surface area contributed by atoms with Gasteiger partial charge < -0.3 is 14.9 Å². The summed E-state index contributed by atoms with van der Waals surface area (Å²) in [4.78, 5) is 15.2. The molecule has 2 N–H and O–H groups in total. The highest BCUT2D eigenvalue weighted by molar-refractivity contribution is 5.93. The summed E-state index contributed by atoms with van der Waals surface area (Å²) in [7, 11) is 1.56. The molecule has 0 aromatic carbocycles. The van der Waals surface area contributed by atoms with Gasteiger partial charge in [0.25, 0.3) is 0 Å². The van der Waals surface area contributed by atoms with E-state index in [0.717, 1.165) is 5.69 Å². The predicted octanol–water partition coefficient (Wildman–Crippen LogP) is 0.750. The van der Waals surface area contributed by atoms with Crippen LogP contribution in [0, 0.1) is 6.92 Å². The van der Waals surface area contributed by atoms with Gasteiger partial charge in [0.1, 0.15) is 5.65 Å². The first-order valence-electron chi connectivity index (χ1n) is 4.46. The van der Waals surface area contributed by atoms with Crippen LogP contribution in [0.5, 0.6) is 5.88 Å². The Morgan fingerprint density at radius 3 is 2.93 bits per heavy atom. The van der Waals surface area contributed by atoms with Crippen molar-refractivity contribution in [1.82, 2.24) is 9.38 Å². The van der Waals surface area contributed by atoms with Crippen LogP contribution in [0.1, 0.15) is 16.1 Å². The third-order valence-corrected chi connectivity index (χ3v) is 2.30. The van der Waals surface area contributed by atoms with Crippen LogP contribution in [0.2, 0.25) is 0 Å². The Bertz CT molecular complexity index is 531. The molecular weight excluding hydrogens is 194 g/mol. The molecule has 0 bridgehead atoms. The molecule has 0 saturated heterocycles. The van der Waals surface area contributed by atoms with Crippen molar-refractivity contribution in [2.45, 2.75) is 6.92 Å². The van der Waals surface area contributed by atoms with Crippen LogP contribution in [0.3, 0.4) is 0 Å². The molecule has 0 aliphatic carbocycles. The van der Waals surface area contributed by atoms with Crippen LogP contribution >= 0.6 is 0 Å². The van der Waals surface area contributed by atoms with E-state index in [1.165, 1.54) is 0 Å². The van der Waals surface area contributed by atoms with Gasteiger partial charge in [0, 0.05) is 11.8 Å². The minimum Gasteiger partial charge on any atom is -0.480 e. The Morgan fingerprint density at radius 2 is 2.33 bits per heavy atom. The molecule has 0 saturated carbocycles. The Hall–Kier alpha value is -2.04. The fourth-order valence-corrected chi connectivity index (χ4v) is 1.49. The van der Waals surface area contributed by atoms with Crippen LogP contribution in [-0.4, -0.2) is 22.4 Å². The molecule has 2 aromatic heterocycles. The minimum absolute atomic E-state index is 0.440. The highest BCUT2D eigenvalue weighted by Crippen LogP contribution is 2.18. The standard InChI is InChI=1S/C10H11N3O2/c1-6-10(15-2)12-8-5-7(9(11)14)3-4-13(6)8/h3-5H,1-2H3,(H2,11,14). The van der Waals surface area contributed by atoms with E-state index in [1.54, 1.807) is 25.4 Å². The van der Waals surface area contributed by atoms with Gasteiger partial charge in [-0.2, -0.15) is 4.98 Å². The zero-order chi connectivity index (χ0) is 11.0. The van der Waals surface area contributed by atoms with Gasteiger partial charge in [-0.05, 0) is 19.1 Å². The molecule has 2 aromatic rings. The average molecular weight is 205 g/mol. The van der Waals surface area contributed by atoms with E-state index in [4.69, 9.17) is 10.5 Å². The number of nitrogens with zero attached hydrogens (tertiary/aromatic N) is 2. The third-order valence-electron chi connectivity index (χ3n) is 2.30. The second kappa shape index (κ2) is 3.27. The predicted molar refractivity (Wildman–Crippen MR) is 55.0 cm³/mol. The fraction of sp³-hybridized carbons (Fsp3) is 0.200. The first-order chi connectivity index (χ1) is 7.13. The minimum atomic E-state index is -0.461. The molecule has 1 amide bonds. The zero-order valence-electron chi connectivity index (χ0n) is 8.52. The molecule has 15 heavy (non-hydrogen) atoms. The number of imidazole rings is 1. The molecule has 5 heteroatoms. The van der Waals surface area contributed by atoms with E-state index >= 15 is 0 Å². The summed E-state index contributed by atoms with van der Waals surface area (Å²) in [6, 6.07) is 3.29. The summed E-state index contributed by atoms with van der Waals surface area (Å²) >= 11 is 0. The van der Waals surface area contributed by atoms with Gasteiger partial charge in [-0.25, -0.2) is 0 Å². The van der Waals surface area contributed by atoms with E-state index in [1.807, 2.05) is 11.3 Å². The maximum absolute atomic E-state index is 11.0. The van der Waals surface area contributed by atoms with Crippen molar-refractivity contribution >= 4 is 11.6 Å². The molecule has 2 rings (SSSR count). The second-order valence-corrected chi connectivity index (χ2v) is 3.21. The van der Waals surface area contributed by atoms with Crippen molar-refractivity contribution in [3.05, 3.63) is 29.6 Å². The molecular formula is C10H11N3O2. The van der Waals surface area contributed by atoms with Crippen LogP contribution in [0.15, 0.2) is 18.3 Å². The zero-order valence-corrected chi connectivity index (χ0v) is 8.52. The van der Waals surface area contributed by atoms with Crippen LogP contribution < -0.4 is 10.5 Å². The van der Waals surface area contributed by atoms with Crippen LogP contribution in [0.4, 0.5) is 0 Å². The number of ether oxygens (including phenoxy) is 1. The van der Waals surface area contributed by atoms with Crippen molar-refractivity contribution in [1.29, 1.82) is 0 Å². The smallest absolute Gasteiger partial charge is 0.248 e. The third kappa shape index (κ3) is 1.41. The maximum Gasteiger partial charge on any atom is 0.248 e. The number of rotatable bonds is 2. The first-order valence-corrected chi connectivity index (χ1v) is 4.46. The number of pyridine rings is 1. The van der Waals surface area contributed by atoms with Crippen molar-refractivity contribution < 1.29 is 9.53 Å². The van der Waals surface area contributed by atoms with Gasteiger partial charge in [0.05, 0.1) is 12.8 Å². The second-order valence-electron chi connectivity index (χ2n) is 3.21. The van der Waals surface area contributed by atoms with Crippen molar-refractivity contribution in [2.75, 3.05) is 7.11 Å². The Morgan fingerprint density at radius 1 is 1.60 bits per heavy atom. The number of aryl methyl sites for hydroxylation is 1. The maximum atomic E-state index is 11.0. The summed E-state index contributed by atoms with van der Waals surface area (Å²) in [5, 5.41) is 0. The lowest BCUT2D eigenvalue weighted by Gasteiger charge is -1.98. The van der Waals surface area contributed by atoms with E-state index in [-0.39, 0.29) is 0 Å². The van der Waals surface area contributed by atoms with Crippen molar-refractivity contribution in [2.24, 2.45) is 5.73 Å². The van der Waals surface area contributed by atoms with Crippen LogP contribution in [0.25, 0.3) is 5.65 Å². The first kappa shape index (κ1) is 9.51. The fourth-order valence-electron chi connectivity index (χ4n) is 1.49. The lowest BCUT2D eigenvalue weighted by molar-refractivity contribution is 0.100. The average Bonchev–Trinajstić information content (AvgIpc) is 2.55. The van der Waals surface area contributed by atoms with Gasteiger partial charge in [-0.15, -0.1) is 0 Å². The molecule has 78 valence electrons. The lowest BCUT2D eigenvalue weighted by atomic mass is 10.2. The summed E-state index contributed by atoms with van der Waals surface area (Å²) in [5.74, 6) is 0.0914. The topological polar surface area (TPSA) is 69.6 Å². The quantitative estimate of drug-likeness (QED) is 0.786. The number of hydrogen-bond acceptors (Lipinski definition) is 3.